The number of carboxylic acid groups (broad SMARTS) is 1. The number of carbonyl (C=O) groups is 2. The van der Waals surface area contributed by atoms with Crippen LogP contribution in [0.1, 0.15) is 84.7 Å². The van der Waals surface area contributed by atoms with Crippen molar-refractivity contribution < 1.29 is 19.4 Å². The molecule has 214 valence electrons. The average molecular weight is 554 g/mol. The van der Waals surface area contributed by atoms with E-state index in [1.807, 2.05) is 18.2 Å². The summed E-state index contributed by atoms with van der Waals surface area (Å²) in [4.78, 5) is 31.6. The normalized spacial score (nSPS) is 29.0. The minimum absolute atomic E-state index is 0.135. The monoisotopic (exact) mass is 553 g/mol. The second-order valence-corrected chi connectivity index (χ2v) is 13.4. The molecule has 2 saturated carbocycles. The van der Waals surface area contributed by atoms with Crippen molar-refractivity contribution in [2.75, 3.05) is 27.2 Å². The van der Waals surface area contributed by atoms with Crippen LogP contribution in [-0.4, -0.2) is 70.7 Å². The van der Waals surface area contributed by atoms with Gasteiger partial charge in [0, 0.05) is 54.1 Å². The van der Waals surface area contributed by atoms with Crippen LogP contribution in [0, 0.1) is 5.41 Å². The van der Waals surface area contributed by atoms with Crippen molar-refractivity contribution in [2.45, 2.75) is 81.8 Å². The summed E-state index contributed by atoms with van der Waals surface area (Å²) >= 11 is 0. The van der Waals surface area contributed by atoms with Gasteiger partial charge in [-0.3, -0.25) is 4.79 Å². The predicted molar refractivity (Wildman–Crippen MR) is 158 cm³/mol. The van der Waals surface area contributed by atoms with Gasteiger partial charge in [0.1, 0.15) is 5.75 Å². The lowest BCUT2D eigenvalue weighted by atomic mass is 9.81. The highest BCUT2D eigenvalue weighted by molar-refractivity contribution is 6.00. The summed E-state index contributed by atoms with van der Waals surface area (Å²) in [5.74, 6) is 0.789. The van der Waals surface area contributed by atoms with Gasteiger partial charge in [-0.25, -0.2) is 4.79 Å². The van der Waals surface area contributed by atoms with Crippen molar-refractivity contribution in [3.8, 4) is 17.0 Å². The van der Waals surface area contributed by atoms with Crippen molar-refractivity contribution in [1.29, 1.82) is 0 Å². The lowest BCUT2D eigenvalue weighted by Gasteiger charge is -2.41. The first kappa shape index (κ1) is 25.4. The van der Waals surface area contributed by atoms with E-state index in [0.717, 1.165) is 61.8 Å². The molecule has 0 radical (unpaired) electrons. The molecule has 2 bridgehead atoms. The number of likely N-dealkylation sites (N-methyl/N-ethyl adjacent to an activating group) is 1. The van der Waals surface area contributed by atoms with E-state index in [0.29, 0.717) is 23.9 Å². The second-order valence-electron chi connectivity index (χ2n) is 13.4. The number of likely N-dealkylation sites (tertiary alicyclic amines) is 1. The first-order chi connectivity index (χ1) is 19.9. The molecule has 3 aromatic rings. The molecule has 4 atom stereocenters. The van der Waals surface area contributed by atoms with Gasteiger partial charge in [-0.1, -0.05) is 25.3 Å². The minimum Gasteiger partial charge on any atom is -0.497 e. The highest BCUT2D eigenvalue weighted by Gasteiger charge is 2.65. The number of ether oxygens (including phenoxy) is 1. The first-order valence-electron chi connectivity index (χ1n) is 15.5. The van der Waals surface area contributed by atoms with Crippen molar-refractivity contribution in [3.63, 3.8) is 0 Å². The second kappa shape index (κ2) is 9.09. The number of amides is 1. The summed E-state index contributed by atoms with van der Waals surface area (Å²) in [6.07, 6.45) is 9.00. The van der Waals surface area contributed by atoms with Gasteiger partial charge in [0.15, 0.2) is 0 Å². The van der Waals surface area contributed by atoms with Gasteiger partial charge in [-0.15, -0.1) is 0 Å². The molecule has 2 aromatic carbocycles. The van der Waals surface area contributed by atoms with Crippen LogP contribution in [0.15, 0.2) is 36.4 Å². The Labute approximate surface area is 241 Å². The molecule has 3 aliphatic heterocycles. The van der Waals surface area contributed by atoms with Gasteiger partial charge in [0.05, 0.1) is 23.8 Å². The number of methoxy groups -OCH3 is 1. The predicted octanol–water partition coefficient (Wildman–Crippen LogP) is 5.86. The standard InChI is InChI=1S/C34H39N3O4/c1-35-17-22-9-10-23(18-35)37(22)33(40)34-16-28(34)27-15-24(41-2)11-13-25(27)31-30(20-6-4-3-5-7-20)26-12-8-21(32(38)39)14-29(26)36(31)19-34/h8,11-15,20,22-23,28H,3-7,9-10,16-19H2,1-2H3,(H,38,39)/t22?,23?,28?,34-/m0/s1. The van der Waals surface area contributed by atoms with Gasteiger partial charge < -0.3 is 24.2 Å². The van der Waals surface area contributed by atoms with Crippen LogP contribution in [0.25, 0.3) is 22.2 Å². The molecular weight excluding hydrogens is 514 g/mol. The maximum Gasteiger partial charge on any atom is 0.335 e. The van der Waals surface area contributed by atoms with Crippen molar-refractivity contribution in [3.05, 3.63) is 53.1 Å². The van der Waals surface area contributed by atoms with Crippen LogP contribution in [0.4, 0.5) is 0 Å². The third-order valence-corrected chi connectivity index (χ3v) is 11.1. The fourth-order valence-corrected chi connectivity index (χ4v) is 9.12. The first-order valence-corrected chi connectivity index (χ1v) is 15.5. The van der Waals surface area contributed by atoms with Crippen LogP contribution in [-0.2, 0) is 11.3 Å². The van der Waals surface area contributed by atoms with E-state index in [2.05, 4.69) is 33.5 Å². The number of fused-ring (bicyclic) bond motifs is 9. The Morgan fingerprint density at radius 2 is 1.73 bits per heavy atom. The third-order valence-electron chi connectivity index (χ3n) is 11.1. The molecule has 5 aliphatic rings. The summed E-state index contributed by atoms with van der Waals surface area (Å²) < 4.78 is 8.08. The number of carboxylic acids is 1. The third kappa shape index (κ3) is 3.67. The number of piperazine rings is 1. The number of hydrogen-bond acceptors (Lipinski definition) is 4. The van der Waals surface area contributed by atoms with E-state index in [4.69, 9.17) is 4.74 Å². The lowest BCUT2D eigenvalue weighted by Crippen LogP contribution is -2.57. The number of rotatable bonds is 4. The van der Waals surface area contributed by atoms with Gasteiger partial charge in [-0.05, 0) is 86.5 Å². The topological polar surface area (TPSA) is 75.0 Å². The van der Waals surface area contributed by atoms with Crippen molar-refractivity contribution in [1.82, 2.24) is 14.4 Å². The fraction of sp³-hybridized carbons (Fsp3) is 0.529. The molecule has 8 rings (SSSR count). The van der Waals surface area contributed by atoms with Gasteiger partial charge in [0.25, 0.3) is 0 Å². The quantitative estimate of drug-likeness (QED) is 0.438. The molecule has 1 amide bonds. The molecule has 3 unspecified atom stereocenters. The number of aromatic carboxylic acids is 1. The Morgan fingerprint density at radius 3 is 2.44 bits per heavy atom. The smallest absolute Gasteiger partial charge is 0.335 e. The number of benzene rings is 2. The molecule has 41 heavy (non-hydrogen) atoms. The maximum absolute atomic E-state index is 14.8. The number of carbonyl (C=O) groups excluding carboxylic acids is 1. The minimum atomic E-state index is -0.912. The van der Waals surface area contributed by atoms with Crippen LogP contribution in [0.2, 0.25) is 0 Å². The summed E-state index contributed by atoms with van der Waals surface area (Å²) in [5.41, 5.74) is 5.71. The van der Waals surface area contributed by atoms with E-state index >= 15 is 0 Å². The highest BCUT2D eigenvalue weighted by Crippen LogP contribution is 2.66. The van der Waals surface area contributed by atoms with Crippen molar-refractivity contribution >= 4 is 22.8 Å². The lowest BCUT2D eigenvalue weighted by molar-refractivity contribution is -0.143. The van der Waals surface area contributed by atoms with Crippen LogP contribution in [0.5, 0.6) is 5.75 Å². The molecular formula is C34H39N3O4. The molecule has 4 heterocycles. The molecule has 0 spiro atoms. The van der Waals surface area contributed by atoms with Crippen LogP contribution in [0.3, 0.4) is 0 Å². The van der Waals surface area contributed by atoms with E-state index in [9.17, 15) is 14.7 Å². The number of nitrogens with zero attached hydrogens (tertiary/aromatic N) is 3. The molecule has 1 aromatic heterocycles. The largest absolute Gasteiger partial charge is 0.497 e. The summed E-state index contributed by atoms with van der Waals surface area (Å²) in [5, 5.41) is 11.1. The fourth-order valence-electron chi connectivity index (χ4n) is 9.12. The zero-order valence-corrected chi connectivity index (χ0v) is 24.1. The molecule has 7 heteroatoms. The molecule has 4 fully saturated rings. The van der Waals surface area contributed by atoms with E-state index in [-0.39, 0.29) is 18.0 Å². The Kier molecular flexibility index (Phi) is 5.63. The highest BCUT2D eigenvalue weighted by atomic mass is 16.5. The Bertz CT molecular complexity index is 1570. The van der Waals surface area contributed by atoms with Gasteiger partial charge >= 0.3 is 5.97 Å². The Morgan fingerprint density at radius 1 is 0.976 bits per heavy atom. The molecule has 1 N–H and O–H groups in total. The number of aromatic nitrogens is 1. The van der Waals surface area contributed by atoms with E-state index in [1.54, 1.807) is 13.2 Å². The maximum atomic E-state index is 14.8. The molecule has 2 saturated heterocycles. The van der Waals surface area contributed by atoms with Gasteiger partial charge in [-0.2, -0.15) is 0 Å². The molecule has 2 aliphatic carbocycles. The van der Waals surface area contributed by atoms with Crippen molar-refractivity contribution in [2.24, 2.45) is 5.41 Å². The van der Waals surface area contributed by atoms with Gasteiger partial charge in [0.2, 0.25) is 5.91 Å². The Balaban J connectivity index is 1.35. The Hall–Kier alpha value is -3.32. The summed E-state index contributed by atoms with van der Waals surface area (Å²) in [6, 6.07) is 12.6. The zero-order chi connectivity index (χ0) is 28.0. The summed E-state index contributed by atoms with van der Waals surface area (Å²) in [7, 11) is 3.88. The van der Waals surface area contributed by atoms with E-state index in [1.165, 1.54) is 41.6 Å². The van der Waals surface area contributed by atoms with Crippen LogP contribution < -0.4 is 4.74 Å². The zero-order valence-electron chi connectivity index (χ0n) is 24.1. The SMILES string of the molecule is COc1ccc2c(c1)C1C[C@]1(C(=O)N1C3CCC1CN(C)C3)Cn1c-2c(C2CCCCC2)c2ccc(C(=O)O)cc21. The van der Waals surface area contributed by atoms with Crippen LogP contribution >= 0.6 is 0 Å². The number of hydrogen-bond donors (Lipinski definition) is 1. The summed E-state index contributed by atoms with van der Waals surface area (Å²) in [6.45, 7) is 2.48. The van der Waals surface area contributed by atoms with E-state index < -0.39 is 11.4 Å². The molecule has 7 nitrogen and oxygen atoms in total. The average Bonchev–Trinajstić information content (AvgIpc) is 3.57.